The van der Waals surface area contributed by atoms with Gasteiger partial charge in [-0.15, -0.1) is 0 Å². The van der Waals surface area contributed by atoms with E-state index in [1.54, 1.807) is 12.1 Å². The van der Waals surface area contributed by atoms with Gasteiger partial charge in [0.1, 0.15) is 0 Å². The average molecular weight is 220 g/mol. The van der Waals surface area contributed by atoms with Crippen LogP contribution >= 0.6 is 0 Å². The van der Waals surface area contributed by atoms with E-state index in [9.17, 15) is 0 Å². The van der Waals surface area contributed by atoms with Crippen molar-refractivity contribution in [2.75, 3.05) is 0 Å². The third-order valence-electron chi connectivity index (χ3n) is 2.40. The Morgan fingerprint density at radius 3 is 2.53 bits per heavy atom. The van der Waals surface area contributed by atoms with E-state index in [2.05, 4.69) is 30.1 Å². The highest BCUT2D eigenvalue weighted by Gasteiger charge is 1.91. The molecule has 0 aliphatic rings. The minimum atomic E-state index is 0.652. The lowest BCUT2D eigenvalue weighted by Gasteiger charge is -1.96. The van der Waals surface area contributed by atoms with Crippen LogP contribution in [0.15, 0.2) is 53.5 Å². The monoisotopic (exact) mass is 220 g/mol. The molecular weight excluding hydrogens is 208 g/mol. The summed E-state index contributed by atoms with van der Waals surface area (Å²) in [6.45, 7) is 2.05. The van der Waals surface area contributed by atoms with Crippen molar-refractivity contribution < 1.29 is 0 Å². The number of aliphatic imine (C=N–C) groups is 1. The maximum Gasteiger partial charge on any atom is 0.0991 e. The van der Waals surface area contributed by atoms with Gasteiger partial charge in [-0.2, -0.15) is 5.26 Å². The lowest BCUT2D eigenvalue weighted by atomic mass is 10.1. The molecule has 2 rings (SSSR count). The standard InChI is InChI=1S/C15H12N2/c1-12-3-2-4-14(9-12)11-17-15-7-5-13(10-16)6-8-15/h2-9,11H,1H3. The highest BCUT2D eigenvalue weighted by molar-refractivity contribution is 5.82. The van der Waals surface area contributed by atoms with Gasteiger partial charge in [0.2, 0.25) is 0 Å². The zero-order chi connectivity index (χ0) is 12.1. The molecule has 0 heterocycles. The SMILES string of the molecule is Cc1cccc(C=Nc2ccc(C#N)cc2)c1. The first-order valence-electron chi connectivity index (χ1n) is 5.39. The van der Waals surface area contributed by atoms with E-state index < -0.39 is 0 Å². The number of hydrogen-bond donors (Lipinski definition) is 0. The molecule has 0 amide bonds. The van der Waals surface area contributed by atoms with E-state index in [0.29, 0.717) is 5.56 Å². The molecule has 2 nitrogen and oxygen atoms in total. The number of rotatable bonds is 2. The fraction of sp³-hybridized carbons (Fsp3) is 0.0667. The molecule has 17 heavy (non-hydrogen) atoms. The molecule has 2 aromatic rings. The molecule has 0 aliphatic carbocycles. The predicted octanol–water partition coefficient (Wildman–Crippen LogP) is 3.62. The van der Waals surface area contributed by atoms with Crippen LogP contribution in [-0.4, -0.2) is 6.21 Å². The number of aryl methyl sites for hydroxylation is 1. The van der Waals surface area contributed by atoms with Gasteiger partial charge in [0, 0.05) is 6.21 Å². The Kier molecular flexibility index (Phi) is 3.32. The molecule has 2 heteroatoms. The molecular formula is C15H12N2. The van der Waals surface area contributed by atoms with Crippen LogP contribution in [0.4, 0.5) is 5.69 Å². The zero-order valence-electron chi connectivity index (χ0n) is 9.59. The first-order chi connectivity index (χ1) is 8.28. The van der Waals surface area contributed by atoms with Crippen LogP contribution in [0.3, 0.4) is 0 Å². The summed E-state index contributed by atoms with van der Waals surface area (Å²) in [5.41, 5.74) is 3.80. The van der Waals surface area contributed by atoms with Crippen molar-refractivity contribution in [2.45, 2.75) is 6.92 Å². The topological polar surface area (TPSA) is 36.1 Å². The highest BCUT2D eigenvalue weighted by Crippen LogP contribution is 2.12. The molecule has 0 aromatic heterocycles. The smallest absolute Gasteiger partial charge is 0.0991 e. The molecule has 0 bridgehead atoms. The molecule has 0 spiro atoms. The summed E-state index contributed by atoms with van der Waals surface area (Å²) < 4.78 is 0. The van der Waals surface area contributed by atoms with Gasteiger partial charge in [0.25, 0.3) is 0 Å². The van der Waals surface area contributed by atoms with Crippen molar-refractivity contribution in [1.82, 2.24) is 0 Å². The molecule has 0 unspecified atom stereocenters. The first-order valence-corrected chi connectivity index (χ1v) is 5.39. The van der Waals surface area contributed by atoms with Crippen molar-refractivity contribution in [3.8, 4) is 6.07 Å². The highest BCUT2D eigenvalue weighted by atomic mass is 14.7. The van der Waals surface area contributed by atoms with E-state index >= 15 is 0 Å². The Bertz CT molecular complexity index is 575. The summed E-state index contributed by atoms with van der Waals surface area (Å²) in [7, 11) is 0. The summed E-state index contributed by atoms with van der Waals surface area (Å²) >= 11 is 0. The second-order valence-corrected chi connectivity index (χ2v) is 3.83. The van der Waals surface area contributed by atoms with E-state index in [-0.39, 0.29) is 0 Å². The van der Waals surface area contributed by atoms with Gasteiger partial charge in [0.15, 0.2) is 0 Å². The van der Waals surface area contributed by atoms with Gasteiger partial charge >= 0.3 is 0 Å². The maximum atomic E-state index is 8.68. The third-order valence-corrected chi connectivity index (χ3v) is 2.40. The second kappa shape index (κ2) is 5.09. The van der Waals surface area contributed by atoms with Gasteiger partial charge in [-0.25, -0.2) is 0 Å². The Labute approximate surface area is 101 Å². The van der Waals surface area contributed by atoms with Crippen LogP contribution in [0.25, 0.3) is 0 Å². The van der Waals surface area contributed by atoms with Crippen LogP contribution in [0, 0.1) is 18.3 Å². The van der Waals surface area contributed by atoms with Crippen molar-refractivity contribution in [1.29, 1.82) is 5.26 Å². The zero-order valence-corrected chi connectivity index (χ0v) is 9.59. The molecule has 2 aromatic carbocycles. The Morgan fingerprint density at radius 1 is 1.12 bits per heavy atom. The minimum Gasteiger partial charge on any atom is -0.256 e. The molecule has 0 radical (unpaired) electrons. The quantitative estimate of drug-likeness (QED) is 0.712. The lowest BCUT2D eigenvalue weighted by Crippen LogP contribution is -1.81. The van der Waals surface area contributed by atoms with Crippen LogP contribution in [0.1, 0.15) is 16.7 Å². The molecule has 82 valence electrons. The van der Waals surface area contributed by atoms with Gasteiger partial charge < -0.3 is 0 Å². The van der Waals surface area contributed by atoms with Crippen molar-refractivity contribution in [3.63, 3.8) is 0 Å². The molecule has 0 saturated carbocycles. The van der Waals surface area contributed by atoms with E-state index in [4.69, 9.17) is 5.26 Å². The van der Waals surface area contributed by atoms with Crippen molar-refractivity contribution >= 4 is 11.9 Å². The first kappa shape index (κ1) is 11.1. The van der Waals surface area contributed by atoms with E-state index in [1.807, 2.05) is 30.5 Å². The van der Waals surface area contributed by atoms with Gasteiger partial charge in [-0.05, 0) is 36.8 Å². The number of nitriles is 1. The second-order valence-electron chi connectivity index (χ2n) is 3.83. The Morgan fingerprint density at radius 2 is 1.88 bits per heavy atom. The van der Waals surface area contributed by atoms with Gasteiger partial charge in [-0.3, -0.25) is 4.99 Å². The molecule has 0 fully saturated rings. The van der Waals surface area contributed by atoms with E-state index in [0.717, 1.165) is 11.3 Å². The molecule has 0 N–H and O–H groups in total. The summed E-state index contributed by atoms with van der Waals surface area (Å²) in [4.78, 5) is 4.36. The Hall–Kier alpha value is -2.40. The Balaban J connectivity index is 2.17. The van der Waals surface area contributed by atoms with Crippen LogP contribution in [0.2, 0.25) is 0 Å². The number of hydrogen-bond acceptors (Lipinski definition) is 2. The third kappa shape index (κ3) is 3.02. The fourth-order valence-electron chi connectivity index (χ4n) is 1.52. The number of benzene rings is 2. The van der Waals surface area contributed by atoms with Crippen molar-refractivity contribution in [2.24, 2.45) is 4.99 Å². The van der Waals surface area contributed by atoms with E-state index in [1.165, 1.54) is 5.56 Å². The summed E-state index contributed by atoms with van der Waals surface area (Å²) in [6.07, 6.45) is 1.83. The van der Waals surface area contributed by atoms with Gasteiger partial charge in [-0.1, -0.05) is 29.8 Å². The average Bonchev–Trinajstić information content (AvgIpc) is 2.37. The van der Waals surface area contributed by atoms with Crippen LogP contribution in [-0.2, 0) is 0 Å². The van der Waals surface area contributed by atoms with Crippen molar-refractivity contribution in [3.05, 3.63) is 65.2 Å². The minimum absolute atomic E-state index is 0.652. The van der Waals surface area contributed by atoms with Crippen LogP contribution in [0.5, 0.6) is 0 Å². The molecule has 0 saturated heterocycles. The normalized spacial score (nSPS) is 10.4. The molecule has 0 aliphatic heterocycles. The lowest BCUT2D eigenvalue weighted by molar-refractivity contribution is 1.45. The summed E-state index contributed by atoms with van der Waals surface area (Å²) in [5, 5.41) is 8.68. The largest absolute Gasteiger partial charge is 0.256 e. The predicted molar refractivity (Wildman–Crippen MR) is 69.6 cm³/mol. The van der Waals surface area contributed by atoms with Gasteiger partial charge in [0.05, 0.1) is 17.3 Å². The summed E-state index contributed by atoms with van der Waals surface area (Å²) in [6, 6.07) is 17.4. The maximum absolute atomic E-state index is 8.68. The summed E-state index contributed by atoms with van der Waals surface area (Å²) in [5.74, 6) is 0. The number of nitrogens with zero attached hydrogens (tertiary/aromatic N) is 2. The van der Waals surface area contributed by atoms with Crippen LogP contribution < -0.4 is 0 Å². The molecule has 0 atom stereocenters. The fourth-order valence-corrected chi connectivity index (χ4v) is 1.52.